The van der Waals surface area contributed by atoms with Crippen molar-refractivity contribution < 1.29 is 52.7 Å². The second kappa shape index (κ2) is 11.9. The van der Waals surface area contributed by atoms with Crippen molar-refractivity contribution >= 4 is 16.7 Å². The lowest BCUT2D eigenvalue weighted by molar-refractivity contribution is -0.145. The van der Waals surface area contributed by atoms with Gasteiger partial charge in [-0.25, -0.2) is 27.5 Å². The van der Waals surface area contributed by atoms with Gasteiger partial charge in [-0.1, -0.05) is 0 Å². The highest BCUT2D eigenvalue weighted by Crippen LogP contribution is 2.57. The molecule has 20 heteroatoms. The van der Waals surface area contributed by atoms with E-state index < -0.39 is 120 Å². The lowest BCUT2D eigenvalue weighted by Crippen LogP contribution is -2.16. The van der Waals surface area contributed by atoms with Crippen molar-refractivity contribution in [3.8, 4) is 30.3 Å². The van der Waals surface area contributed by atoms with Crippen LogP contribution in [0.3, 0.4) is 0 Å². The van der Waals surface area contributed by atoms with Crippen LogP contribution in [0.4, 0.5) is 52.7 Å². The van der Waals surface area contributed by atoms with Crippen LogP contribution in [0.25, 0.3) is 16.7 Å². The topological polar surface area (TPSA) is 158 Å². The molecule has 3 aromatic heterocycles. The van der Waals surface area contributed by atoms with E-state index in [9.17, 15) is 70.2 Å². The maximum atomic E-state index is 15.2. The summed E-state index contributed by atoms with van der Waals surface area (Å²) in [5.74, 6) is -16.0. The van der Waals surface area contributed by atoms with Crippen LogP contribution in [0.5, 0.6) is 0 Å². The predicted octanol–water partition coefficient (Wildman–Crippen LogP) is 6.73. The molecule has 0 aliphatic heterocycles. The molecule has 0 radical (unpaired) electrons. The molecule has 238 valence electrons. The molecule has 4 rings (SSSR count). The van der Waals surface area contributed by atoms with Gasteiger partial charge in [-0.3, -0.25) is 4.98 Å². The molecule has 0 atom stereocenters. The first kappa shape index (κ1) is 34.2. The van der Waals surface area contributed by atoms with Crippen LogP contribution in [0.15, 0.2) is 29.1 Å². The van der Waals surface area contributed by atoms with Gasteiger partial charge in [0, 0.05) is 34.7 Å². The number of nitrogens with zero attached hydrogens (tertiary/aromatic N) is 8. The van der Waals surface area contributed by atoms with Crippen molar-refractivity contribution in [1.82, 2.24) is 15.0 Å². The summed E-state index contributed by atoms with van der Waals surface area (Å²) in [5.41, 5.74) is -20.2. The molecule has 8 nitrogen and oxygen atoms in total. The van der Waals surface area contributed by atoms with Gasteiger partial charge in [-0.05, 0) is 0 Å². The van der Waals surface area contributed by atoms with Gasteiger partial charge in [0.1, 0.15) is 30.3 Å². The summed E-state index contributed by atoms with van der Waals surface area (Å²) in [6.07, 6.45) is -10.3. The van der Waals surface area contributed by atoms with Crippen LogP contribution in [-0.4, -0.2) is 15.0 Å². The van der Waals surface area contributed by atoms with Crippen molar-refractivity contribution in [1.29, 1.82) is 26.3 Å². The van der Waals surface area contributed by atoms with Crippen LogP contribution >= 0.6 is 0 Å². The van der Waals surface area contributed by atoms with Gasteiger partial charge in [0.15, 0.2) is 34.7 Å². The number of halogens is 12. The Labute approximate surface area is 257 Å². The highest BCUT2D eigenvalue weighted by molar-refractivity contribution is 6.12. The largest absolute Gasteiger partial charge is 0.436 e. The van der Waals surface area contributed by atoms with E-state index in [4.69, 9.17) is 0 Å². The quantitative estimate of drug-likeness (QED) is 0.168. The molecular weight excluding hydrogens is 676 g/mol. The molecule has 3 aromatic rings. The molecule has 48 heavy (non-hydrogen) atoms. The van der Waals surface area contributed by atoms with E-state index in [1.54, 1.807) is 0 Å². The molecule has 3 heterocycles. The first-order valence-electron chi connectivity index (χ1n) is 11.9. The number of alkyl halides is 6. The van der Waals surface area contributed by atoms with Crippen molar-refractivity contribution in [3.05, 3.63) is 103 Å². The lowest BCUT2D eigenvalue weighted by atomic mass is 9.96. The van der Waals surface area contributed by atoms with E-state index in [0.29, 0.717) is 0 Å². The minimum atomic E-state index is -5.86. The molecule has 0 amide bonds. The molecule has 1 aliphatic carbocycles. The van der Waals surface area contributed by atoms with Gasteiger partial charge >= 0.3 is 12.4 Å². The maximum absolute atomic E-state index is 15.2. The SMILES string of the molecule is N#CC(=C1C(=C(/C#N)c2c(F)c(F)nc(C(F)(F)F)c2F)/C1=C(/C#N)c1c(F)c(F)nc(C(F)(F)F)c1F)c1c(C#N)cncc1C#N. The molecule has 0 unspecified atom stereocenters. The zero-order valence-corrected chi connectivity index (χ0v) is 22.3. The van der Waals surface area contributed by atoms with E-state index in [-0.39, 0.29) is 0 Å². The smallest absolute Gasteiger partial charge is 0.262 e. The summed E-state index contributed by atoms with van der Waals surface area (Å²) in [6, 6.07) is 6.27. The Kier molecular flexibility index (Phi) is 8.47. The van der Waals surface area contributed by atoms with Gasteiger partial charge in [0.25, 0.3) is 0 Å². The number of rotatable bonds is 3. The highest BCUT2D eigenvalue weighted by Gasteiger charge is 2.48. The number of pyridine rings is 3. The third kappa shape index (κ3) is 5.40. The molecule has 0 bridgehead atoms. The lowest BCUT2D eigenvalue weighted by Gasteiger charge is -2.11. The zero-order valence-electron chi connectivity index (χ0n) is 22.3. The molecule has 0 N–H and O–H groups in total. The molecule has 1 fully saturated rings. The predicted molar refractivity (Wildman–Crippen MR) is 129 cm³/mol. The van der Waals surface area contributed by atoms with Crippen LogP contribution < -0.4 is 0 Å². The first-order chi connectivity index (χ1) is 22.4. The van der Waals surface area contributed by atoms with Crippen molar-refractivity contribution in [2.75, 3.05) is 0 Å². The number of hydrogen-bond acceptors (Lipinski definition) is 8. The number of hydrogen-bond donors (Lipinski definition) is 0. The molecular formula is C28H2F12N8. The average Bonchev–Trinajstić information content (AvgIpc) is 3.73. The summed E-state index contributed by atoms with van der Waals surface area (Å²) in [5, 5.41) is 48.8. The Morgan fingerprint density at radius 3 is 1.08 bits per heavy atom. The Balaban J connectivity index is 2.37. The Morgan fingerprint density at radius 2 is 0.812 bits per heavy atom. The van der Waals surface area contributed by atoms with Gasteiger partial charge in [0.2, 0.25) is 11.9 Å². The monoisotopic (exact) mass is 678 g/mol. The van der Waals surface area contributed by atoms with E-state index in [2.05, 4.69) is 15.0 Å². The molecule has 0 spiro atoms. The minimum Gasteiger partial charge on any atom is -0.262 e. The van der Waals surface area contributed by atoms with Crippen molar-refractivity contribution in [2.45, 2.75) is 12.4 Å². The van der Waals surface area contributed by atoms with Crippen molar-refractivity contribution in [3.63, 3.8) is 0 Å². The number of allylic oxidation sites excluding steroid dienone is 6. The van der Waals surface area contributed by atoms with Gasteiger partial charge < -0.3 is 0 Å². The zero-order chi connectivity index (χ0) is 36.0. The molecule has 0 saturated heterocycles. The maximum Gasteiger partial charge on any atom is 0.436 e. The summed E-state index contributed by atoms with van der Waals surface area (Å²) in [6.45, 7) is 0. The van der Waals surface area contributed by atoms with E-state index in [1.165, 1.54) is 18.2 Å². The fourth-order valence-corrected chi connectivity index (χ4v) is 4.39. The molecule has 0 aromatic carbocycles. The third-order valence-corrected chi connectivity index (χ3v) is 6.32. The Bertz CT molecular complexity index is 2140. The fourth-order valence-electron chi connectivity index (χ4n) is 4.39. The van der Waals surface area contributed by atoms with E-state index in [0.717, 1.165) is 24.5 Å². The first-order valence-corrected chi connectivity index (χ1v) is 11.9. The minimum absolute atomic E-state index is 0.668. The number of aromatic nitrogens is 3. The second-order valence-corrected chi connectivity index (χ2v) is 8.92. The van der Waals surface area contributed by atoms with Gasteiger partial charge in [0.05, 0.1) is 39.0 Å². The van der Waals surface area contributed by atoms with Crippen LogP contribution in [0.2, 0.25) is 0 Å². The highest BCUT2D eigenvalue weighted by atomic mass is 19.4. The van der Waals surface area contributed by atoms with Crippen LogP contribution in [0, 0.1) is 91.8 Å². The Morgan fingerprint density at radius 1 is 0.500 bits per heavy atom. The van der Waals surface area contributed by atoms with E-state index >= 15 is 8.78 Å². The standard InChI is InChI=1S/C28H2F12N8/c29-19-17(21(31)25(33)47-23(19)27(35,36)37)11(4-44)15-14(10(3-43)13-8(1-41)6-46-7-9(13)2-42)16(15)12(5-45)18-20(30)24(28(38,39)40)48-26(34)22(18)32/h6-7H/b14-10?,15-11-,16-12+. The van der Waals surface area contributed by atoms with Crippen LogP contribution in [0.1, 0.15) is 39.2 Å². The van der Waals surface area contributed by atoms with Gasteiger partial charge in [-0.15, -0.1) is 0 Å². The fraction of sp³-hybridized carbons (Fsp3) is 0.0714. The second-order valence-electron chi connectivity index (χ2n) is 8.92. The van der Waals surface area contributed by atoms with Crippen LogP contribution in [-0.2, 0) is 12.4 Å². The molecule has 1 saturated carbocycles. The van der Waals surface area contributed by atoms with E-state index in [1.807, 2.05) is 0 Å². The summed E-state index contributed by atoms with van der Waals surface area (Å²) < 4.78 is 169. The van der Waals surface area contributed by atoms with Crippen molar-refractivity contribution in [2.24, 2.45) is 0 Å². The number of nitriles is 5. The normalized spacial score (nSPS) is 15.7. The summed E-state index contributed by atoms with van der Waals surface area (Å²) in [7, 11) is 0. The average molecular weight is 678 g/mol. The van der Waals surface area contributed by atoms with Gasteiger partial charge in [-0.2, -0.15) is 61.4 Å². The Hall–Kier alpha value is -6.72. The molecule has 1 aliphatic rings. The third-order valence-electron chi connectivity index (χ3n) is 6.32. The summed E-state index contributed by atoms with van der Waals surface area (Å²) >= 11 is 0. The summed E-state index contributed by atoms with van der Waals surface area (Å²) in [4.78, 5) is 7.76.